The van der Waals surface area contributed by atoms with Gasteiger partial charge in [0, 0.05) is 37.1 Å². The van der Waals surface area contributed by atoms with E-state index in [2.05, 4.69) is 15.3 Å². The van der Waals surface area contributed by atoms with Crippen molar-refractivity contribution in [2.75, 3.05) is 18.4 Å². The summed E-state index contributed by atoms with van der Waals surface area (Å²) in [5.74, 6) is 0.266. The van der Waals surface area contributed by atoms with E-state index in [4.69, 9.17) is 20.5 Å². The first kappa shape index (κ1) is 28.3. The van der Waals surface area contributed by atoms with Gasteiger partial charge in [-0.15, -0.1) is 0 Å². The molecule has 3 N–H and O–H groups in total. The number of likely N-dealkylation sites (tertiary alicyclic amines) is 1. The van der Waals surface area contributed by atoms with Crippen molar-refractivity contribution in [3.8, 4) is 17.7 Å². The molecule has 3 aromatic rings. The minimum atomic E-state index is -1.38. The molecule has 0 aliphatic carbocycles. The highest BCUT2D eigenvalue weighted by Gasteiger charge is 2.34. The first-order chi connectivity index (χ1) is 19.0. The summed E-state index contributed by atoms with van der Waals surface area (Å²) >= 11 is 0. The Morgan fingerprint density at radius 1 is 1.18 bits per heavy atom. The normalized spacial score (nSPS) is 17.0. The second kappa shape index (κ2) is 12.0. The Kier molecular flexibility index (Phi) is 8.48. The van der Waals surface area contributed by atoms with Crippen LogP contribution in [0.25, 0.3) is 0 Å². The highest BCUT2D eigenvalue weighted by atomic mass is 19.1. The van der Waals surface area contributed by atoms with E-state index in [1.54, 1.807) is 51.1 Å². The number of ether oxygens (including phenoxy) is 2. The van der Waals surface area contributed by atoms with Crippen LogP contribution in [0.1, 0.15) is 54.4 Å². The van der Waals surface area contributed by atoms with Crippen LogP contribution in [-0.2, 0) is 11.2 Å². The number of rotatable bonds is 7. The number of piperidine rings is 1. The van der Waals surface area contributed by atoms with Crippen molar-refractivity contribution in [2.24, 2.45) is 5.73 Å². The van der Waals surface area contributed by atoms with Crippen LogP contribution < -0.4 is 15.8 Å². The molecule has 3 heterocycles. The van der Waals surface area contributed by atoms with Crippen LogP contribution in [0.2, 0.25) is 0 Å². The van der Waals surface area contributed by atoms with E-state index in [0.29, 0.717) is 48.0 Å². The third-order valence-electron chi connectivity index (χ3n) is 6.16. The van der Waals surface area contributed by atoms with Gasteiger partial charge in [-0.25, -0.2) is 14.2 Å². The lowest BCUT2D eigenvalue weighted by atomic mass is 10.0. The Bertz CT molecular complexity index is 1400. The van der Waals surface area contributed by atoms with Gasteiger partial charge >= 0.3 is 6.09 Å². The van der Waals surface area contributed by atoms with Gasteiger partial charge in [0.2, 0.25) is 5.88 Å². The molecule has 1 aromatic carbocycles. The monoisotopic (exact) mass is 546 g/mol. The number of anilines is 1. The molecule has 2 atom stereocenters. The fourth-order valence-corrected chi connectivity index (χ4v) is 4.18. The molecule has 0 radical (unpaired) electrons. The average Bonchev–Trinajstić information content (AvgIpc) is 2.90. The largest absolute Gasteiger partial charge is 0.444 e. The third-order valence-corrected chi connectivity index (χ3v) is 6.16. The van der Waals surface area contributed by atoms with Crippen LogP contribution in [0.15, 0.2) is 54.9 Å². The lowest BCUT2D eigenvalue weighted by molar-refractivity contribution is 0.0125. The van der Waals surface area contributed by atoms with Gasteiger partial charge in [-0.2, -0.15) is 5.26 Å². The van der Waals surface area contributed by atoms with Crippen molar-refractivity contribution in [1.82, 2.24) is 14.9 Å². The van der Waals surface area contributed by atoms with Gasteiger partial charge in [-0.05, 0) is 57.0 Å². The molecule has 2 aromatic heterocycles. The maximum absolute atomic E-state index is 15.1. The Labute approximate surface area is 231 Å². The molecule has 4 rings (SSSR count). The number of primary amides is 1. The first-order valence-electron chi connectivity index (χ1n) is 12.8. The van der Waals surface area contributed by atoms with E-state index in [9.17, 15) is 9.59 Å². The Morgan fingerprint density at radius 3 is 2.52 bits per heavy atom. The number of benzene rings is 1. The van der Waals surface area contributed by atoms with Crippen molar-refractivity contribution < 1.29 is 23.5 Å². The quantitative estimate of drug-likeness (QED) is 0.438. The summed E-state index contributed by atoms with van der Waals surface area (Å²) < 4.78 is 26.2. The summed E-state index contributed by atoms with van der Waals surface area (Å²) in [6.07, 6.45) is 1.66. The molecule has 2 amide bonds. The minimum absolute atomic E-state index is 0.122. The van der Waals surface area contributed by atoms with Gasteiger partial charge in [0.25, 0.3) is 5.91 Å². The number of hydrogen-bond acceptors (Lipinski definition) is 8. The lowest BCUT2D eigenvalue weighted by Crippen LogP contribution is -2.51. The molecule has 1 aliphatic heterocycles. The fourth-order valence-electron chi connectivity index (χ4n) is 4.18. The van der Waals surface area contributed by atoms with E-state index in [1.165, 1.54) is 17.3 Å². The molecular weight excluding hydrogens is 515 g/mol. The molecule has 10 nitrogen and oxygen atoms in total. The van der Waals surface area contributed by atoms with E-state index in [0.717, 1.165) is 5.56 Å². The van der Waals surface area contributed by atoms with Crippen molar-refractivity contribution in [1.29, 1.82) is 5.26 Å². The number of nitrogens with one attached hydrogen (secondary N) is 1. The topological polar surface area (TPSA) is 143 Å². The van der Waals surface area contributed by atoms with E-state index < -0.39 is 29.8 Å². The highest BCUT2D eigenvalue weighted by molar-refractivity contribution is 5.98. The maximum Gasteiger partial charge on any atom is 0.410 e. The molecule has 1 fully saturated rings. The number of carbonyl (C=O) groups excluding carboxylic acids is 2. The number of halogens is 1. The molecular formula is C29H31FN6O4. The zero-order valence-electron chi connectivity index (χ0n) is 22.6. The van der Waals surface area contributed by atoms with Crippen LogP contribution in [-0.4, -0.2) is 57.8 Å². The van der Waals surface area contributed by atoms with E-state index >= 15 is 4.39 Å². The van der Waals surface area contributed by atoms with Crippen LogP contribution in [0, 0.1) is 11.3 Å². The molecule has 0 spiro atoms. The number of carbonyl (C=O) groups is 2. The summed E-state index contributed by atoms with van der Waals surface area (Å²) in [5.41, 5.74) is 7.46. The van der Waals surface area contributed by atoms with E-state index in [1.807, 2.05) is 18.2 Å². The summed E-state index contributed by atoms with van der Waals surface area (Å²) in [6.45, 7) is 5.47. The number of nitriles is 1. The first-order valence-corrected chi connectivity index (χ1v) is 12.8. The van der Waals surface area contributed by atoms with Crippen LogP contribution in [0.3, 0.4) is 0 Å². The molecule has 0 bridgehead atoms. The zero-order valence-corrected chi connectivity index (χ0v) is 22.6. The summed E-state index contributed by atoms with van der Waals surface area (Å²) in [4.78, 5) is 34.2. The molecule has 0 unspecified atom stereocenters. The zero-order chi connectivity index (χ0) is 28.9. The van der Waals surface area contributed by atoms with Gasteiger partial charge in [0.1, 0.15) is 23.6 Å². The number of alkyl halides is 1. The molecule has 11 heteroatoms. The number of hydrogen-bond donors (Lipinski definition) is 2. The summed E-state index contributed by atoms with van der Waals surface area (Å²) in [7, 11) is 0. The number of nitrogens with zero attached hydrogens (tertiary/aromatic N) is 4. The van der Waals surface area contributed by atoms with Crippen molar-refractivity contribution >= 4 is 17.7 Å². The van der Waals surface area contributed by atoms with E-state index in [-0.39, 0.29) is 12.1 Å². The van der Waals surface area contributed by atoms with Crippen molar-refractivity contribution in [2.45, 2.75) is 51.4 Å². The van der Waals surface area contributed by atoms with Crippen molar-refractivity contribution in [3.63, 3.8) is 0 Å². The predicted octanol–water partition coefficient (Wildman–Crippen LogP) is 4.59. The predicted molar refractivity (Wildman–Crippen MR) is 146 cm³/mol. The van der Waals surface area contributed by atoms with Gasteiger partial charge in [0.05, 0.1) is 29.4 Å². The Hall–Kier alpha value is -4.72. The van der Waals surface area contributed by atoms with Crippen LogP contribution in [0.5, 0.6) is 11.6 Å². The smallest absolute Gasteiger partial charge is 0.410 e. The summed E-state index contributed by atoms with van der Waals surface area (Å²) in [6, 6.07) is 13.6. The third kappa shape index (κ3) is 7.44. The van der Waals surface area contributed by atoms with Gasteiger partial charge in [-0.3, -0.25) is 9.78 Å². The fraction of sp³-hybridized carbons (Fsp3) is 0.345. The Balaban J connectivity index is 1.41. The van der Waals surface area contributed by atoms with Crippen LogP contribution >= 0.6 is 0 Å². The second-order valence-electron chi connectivity index (χ2n) is 10.5. The molecule has 40 heavy (non-hydrogen) atoms. The number of nitrogens with two attached hydrogens (primary N) is 1. The Morgan fingerprint density at radius 2 is 1.93 bits per heavy atom. The van der Waals surface area contributed by atoms with Crippen LogP contribution in [0.4, 0.5) is 14.9 Å². The number of aromatic nitrogens is 2. The number of amides is 2. The minimum Gasteiger partial charge on any atom is -0.444 e. The van der Waals surface area contributed by atoms with Crippen molar-refractivity contribution in [3.05, 3.63) is 77.2 Å². The second-order valence-corrected chi connectivity index (χ2v) is 10.5. The SMILES string of the molecule is CC(C)(C)OC(=O)N1CC[C@@H](Nc2cc(Cc3ccc(Oc4ccc(C#N)cn4)cc3)ncc2C(N)=O)[C@@H](F)C1. The lowest BCUT2D eigenvalue weighted by Gasteiger charge is -2.36. The molecule has 1 aliphatic rings. The maximum atomic E-state index is 15.1. The summed E-state index contributed by atoms with van der Waals surface area (Å²) in [5, 5.41) is 12.0. The number of pyridine rings is 2. The van der Waals surface area contributed by atoms with Gasteiger partial charge < -0.3 is 25.4 Å². The highest BCUT2D eigenvalue weighted by Crippen LogP contribution is 2.25. The molecule has 0 saturated carbocycles. The van der Waals surface area contributed by atoms with Gasteiger partial charge in [0.15, 0.2) is 0 Å². The van der Waals surface area contributed by atoms with Gasteiger partial charge in [-0.1, -0.05) is 12.1 Å². The standard InChI is InChI=1S/C29H31FN6O4/c1-29(2,3)40-28(38)36-11-10-24(23(30)17-36)35-25-13-20(33-16-22(25)27(32)37)12-18-4-7-21(8-5-18)39-26-9-6-19(14-31)15-34-26/h4-9,13,15-16,23-24H,10-12,17H2,1-3H3,(H2,32,37)(H,33,35)/t23-,24+/m0/s1. The average molecular weight is 547 g/mol. The molecule has 1 saturated heterocycles. The molecule has 208 valence electrons.